The maximum atomic E-state index is 5.86. The lowest BCUT2D eigenvalue weighted by molar-refractivity contribution is 0.0314. The van der Waals surface area contributed by atoms with Gasteiger partial charge < -0.3 is 10.5 Å². The topological polar surface area (TPSA) is 35.2 Å². The molecule has 0 bridgehead atoms. The van der Waals surface area contributed by atoms with Crippen molar-refractivity contribution in [2.75, 3.05) is 13.2 Å². The summed E-state index contributed by atoms with van der Waals surface area (Å²) in [7, 11) is 0. The van der Waals surface area contributed by atoms with Crippen molar-refractivity contribution in [3.63, 3.8) is 0 Å². The molecule has 0 aromatic heterocycles. The predicted molar refractivity (Wildman–Crippen MR) is 73.5 cm³/mol. The fourth-order valence-corrected chi connectivity index (χ4v) is 3.88. The fraction of sp³-hybridized carbons (Fsp3) is 0.625. The normalized spacial score (nSPS) is 36.1. The van der Waals surface area contributed by atoms with Crippen molar-refractivity contribution >= 4 is 0 Å². The van der Waals surface area contributed by atoms with E-state index < -0.39 is 0 Å². The molecule has 1 aliphatic carbocycles. The number of rotatable bonds is 2. The van der Waals surface area contributed by atoms with Crippen LogP contribution in [-0.4, -0.2) is 19.3 Å². The summed E-state index contributed by atoms with van der Waals surface area (Å²) in [5.41, 5.74) is 7.77. The molecule has 2 heteroatoms. The van der Waals surface area contributed by atoms with Gasteiger partial charge in [0.1, 0.15) is 0 Å². The summed E-state index contributed by atoms with van der Waals surface area (Å²) < 4.78 is 5.81. The Labute approximate surface area is 110 Å². The average Bonchev–Trinajstić information content (AvgIpc) is 2.83. The minimum absolute atomic E-state index is 0.314. The second-order valence-corrected chi connectivity index (χ2v) is 5.89. The SMILES string of the molecule is NCC1OCCC12CCC(c1ccccc1)CC2. The van der Waals surface area contributed by atoms with Crippen LogP contribution < -0.4 is 5.73 Å². The number of ether oxygens (including phenoxy) is 1. The summed E-state index contributed by atoms with van der Waals surface area (Å²) in [5.74, 6) is 0.746. The summed E-state index contributed by atoms with van der Waals surface area (Å²) in [4.78, 5) is 0. The van der Waals surface area contributed by atoms with E-state index in [2.05, 4.69) is 30.3 Å². The Bertz CT molecular complexity index is 381. The highest BCUT2D eigenvalue weighted by molar-refractivity contribution is 5.20. The molecule has 18 heavy (non-hydrogen) atoms. The Morgan fingerprint density at radius 1 is 1.11 bits per heavy atom. The zero-order chi connectivity index (χ0) is 12.4. The third-order valence-corrected chi connectivity index (χ3v) is 5.07. The molecule has 1 unspecified atom stereocenters. The van der Waals surface area contributed by atoms with E-state index in [-0.39, 0.29) is 0 Å². The van der Waals surface area contributed by atoms with Gasteiger partial charge in [-0.3, -0.25) is 0 Å². The first-order valence-corrected chi connectivity index (χ1v) is 7.21. The molecule has 2 fully saturated rings. The van der Waals surface area contributed by atoms with Crippen LogP contribution >= 0.6 is 0 Å². The van der Waals surface area contributed by atoms with Crippen LogP contribution in [0.2, 0.25) is 0 Å². The van der Waals surface area contributed by atoms with E-state index >= 15 is 0 Å². The van der Waals surface area contributed by atoms with Gasteiger partial charge in [-0.05, 0) is 43.6 Å². The fourth-order valence-electron chi connectivity index (χ4n) is 3.88. The van der Waals surface area contributed by atoms with E-state index in [1.807, 2.05) is 0 Å². The number of hydrogen-bond donors (Lipinski definition) is 1. The minimum Gasteiger partial charge on any atom is -0.376 e. The van der Waals surface area contributed by atoms with Gasteiger partial charge in [0.2, 0.25) is 0 Å². The lowest BCUT2D eigenvalue weighted by Crippen LogP contribution is -2.39. The highest BCUT2D eigenvalue weighted by Gasteiger charge is 2.45. The molecular formula is C16H23NO. The van der Waals surface area contributed by atoms with Gasteiger partial charge in [0.05, 0.1) is 6.10 Å². The summed E-state index contributed by atoms with van der Waals surface area (Å²) in [5, 5.41) is 0. The maximum absolute atomic E-state index is 5.86. The van der Waals surface area contributed by atoms with Crippen molar-refractivity contribution in [2.24, 2.45) is 11.1 Å². The highest BCUT2D eigenvalue weighted by Crippen LogP contribution is 2.50. The third-order valence-electron chi connectivity index (χ3n) is 5.07. The smallest absolute Gasteiger partial charge is 0.0754 e. The van der Waals surface area contributed by atoms with Gasteiger partial charge in [-0.25, -0.2) is 0 Å². The van der Waals surface area contributed by atoms with E-state index in [0.29, 0.717) is 18.1 Å². The van der Waals surface area contributed by atoms with Crippen molar-refractivity contribution in [2.45, 2.75) is 44.1 Å². The maximum Gasteiger partial charge on any atom is 0.0754 e. The van der Waals surface area contributed by atoms with Crippen molar-refractivity contribution < 1.29 is 4.74 Å². The van der Waals surface area contributed by atoms with Crippen LogP contribution in [0.15, 0.2) is 30.3 Å². The van der Waals surface area contributed by atoms with E-state index in [9.17, 15) is 0 Å². The van der Waals surface area contributed by atoms with Crippen LogP contribution in [-0.2, 0) is 4.74 Å². The Kier molecular flexibility index (Phi) is 3.40. The van der Waals surface area contributed by atoms with Crippen molar-refractivity contribution in [3.8, 4) is 0 Å². The lowest BCUT2D eigenvalue weighted by Gasteiger charge is -2.40. The van der Waals surface area contributed by atoms with Crippen LogP contribution in [0.1, 0.15) is 43.6 Å². The summed E-state index contributed by atoms with van der Waals surface area (Å²) in [6, 6.07) is 11.0. The predicted octanol–water partition coefficient (Wildman–Crippen LogP) is 3.08. The van der Waals surface area contributed by atoms with Gasteiger partial charge in [-0.2, -0.15) is 0 Å². The van der Waals surface area contributed by atoms with Gasteiger partial charge in [-0.15, -0.1) is 0 Å². The van der Waals surface area contributed by atoms with E-state index in [4.69, 9.17) is 10.5 Å². The molecule has 2 nitrogen and oxygen atoms in total. The van der Waals surface area contributed by atoms with Gasteiger partial charge in [0, 0.05) is 18.6 Å². The molecule has 1 saturated carbocycles. The van der Waals surface area contributed by atoms with E-state index in [1.54, 1.807) is 0 Å². The average molecular weight is 245 g/mol. The molecule has 1 aromatic carbocycles. The zero-order valence-corrected chi connectivity index (χ0v) is 11.0. The molecule has 1 saturated heterocycles. The van der Waals surface area contributed by atoms with Crippen LogP contribution in [0.25, 0.3) is 0 Å². The Morgan fingerprint density at radius 2 is 1.83 bits per heavy atom. The first-order valence-electron chi connectivity index (χ1n) is 7.21. The number of nitrogens with two attached hydrogens (primary N) is 1. The largest absolute Gasteiger partial charge is 0.376 e. The molecule has 1 heterocycles. The molecule has 2 aliphatic rings. The second kappa shape index (κ2) is 5.02. The molecule has 0 radical (unpaired) electrons. The molecule has 0 amide bonds. The summed E-state index contributed by atoms with van der Waals surface area (Å²) >= 11 is 0. The minimum atomic E-state index is 0.314. The standard InChI is InChI=1S/C16H23NO/c17-12-15-16(10-11-18-15)8-6-14(7-9-16)13-4-2-1-3-5-13/h1-5,14-15H,6-12,17H2. The number of hydrogen-bond acceptors (Lipinski definition) is 2. The molecule has 1 atom stereocenters. The molecule has 98 valence electrons. The summed E-state index contributed by atoms with van der Waals surface area (Å²) in [6.45, 7) is 1.61. The molecule has 1 spiro atoms. The quantitative estimate of drug-likeness (QED) is 0.869. The Hall–Kier alpha value is -0.860. The molecular weight excluding hydrogens is 222 g/mol. The molecule has 1 aromatic rings. The van der Waals surface area contributed by atoms with Crippen LogP contribution in [0.5, 0.6) is 0 Å². The van der Waals surface area contributed by atoms with E-state index in [0.717, 1.165) is 12.5 Å². The van der Waals surface area contributed by atoms with Gasteiger partial charge in [0.15, 0.2) is 0 Å². The first kappa shape index (κ1) is 12.2. The Morgan fingerprint density at radius 3 is 2.50 bits per heavy atom. The van der Waals surface area contributed by atoms with Crippen LogP contribution in [0.4, 0.5) is 0 Å². The molecule has 1 aliphatic heterocycles. The number of benzene rings is 1. The molecule has 2 N–H and O–H groups in total. The molecule has 3 rings (SSSR count). The second-order valence-electron chi connectivity index (χ2n) is 5.89. The van der Waals surface area contributed by atoms with Gasteiger partial charge in [0.25, 0.3) is 0 Å². The van der Waals surface area contributed by atoms with Gasteiger partial charge in [-0.1, -0.05) is 30.3 Å². The summed E-state index contributed by atoms with van der Waals surface area (Å²) in [6.07, 6.45) is 6.70. The third kappa shape index (κ3) is 2.08. The highest BCUT2D eigenvalue weighted by atomic mass is 16.5. The van der Waals surface area contributed by atoms with E-state index in [1.165, 1.54) is 37.7 Å². The van der Waals surface area contributed by atoms with Gasteiger partial charge >= 0.3 is 0 Å². The van der Waals surface area contributed by atoms with Crippen LogP contribution in [0.3, 0.4) is 0 Å². The lowest BCUT2D eigenvalue weighted by atomic mass is 9.65. The van der Waals surface area contributed by atoms with Crippen molar-refractivity contribution in [3.05, 3.63) is 35.9 Å². The van der Waals surface area contributed by atoms with Crippen molar-refractivity contribution in [1.29, 1.82) is 0 Å². The first-order chi connectivity index (χ1) is 8.84. The van der Waals surface area contributed by atoms with Crippen LogP contribution in [0, 0.1) is 5.41 Å². The zero-order valence-electron chi connectivity index (χ0n) is 11.0. The Balaban J connectivity index is 1.68. The van der Waals surface area contributed by atoms with Crippen molar-refractivity contribution in [1.82, 2.24) is 0 Å². The monoisotopic (exact) mass is 245 g/mol.